The number of benzene rings is 2. The lowest BCUT2D eigenvalue weighted by Crippen LogP contribution is -1.61. The van der Waals surface area contributed by atoms with E-state index in [4.69, 9.17) is 8.83 Å². The molecule has 0 unspecified atom stereocenters. The van der Waals surface area contributed by atoms with E-state index in [1.165, 1.54) is 12.8 Å². The van der Waals surface area contributed by atoms with Gasteiger partial charge in [-0.3, -0.25) is 0 Å². The average Bonchev–Trinajstić information content (AvgIpc) is 3.18. The van der Waals surface area contributed by atoms with Gasteiger partial charge in [0.2, 0.25) is 0 Å². The van der Waals surface area contributed by atoms with Crippen LogP contribution in [-0.2, 0) is 0 Å². The van der Waals surface area contributed by atoms with E-state index in [2.05, 4.69) is 23.1 Å². The van der Waals surface area contributed by atoms with Crippen molar-refractivity contribution in [1.82, 2.24) is 9.97 Å². The molecular formula is C16H14N2O2. The monoisotopic (exact) mass is 266 g/mol. The summed E-state index contributed by atoms with van der Waals surface area (Å²) in [4.78, 5) is 7.90. The number of rotatable bonds is 0. The summed E-state index contributed by atoms with van der Waals surface area (Å²) in [6.07, 6.45) is 2.90. The van der Waals surface area contributed by atoms with Crippen LogP contribution in [0.3, 0.4) is 0 Å². The largest absolute Gasteiger partial charge is 0.443 e. The van der Waals surface area contributed by atoms with Crippen molar-refractivity contribution in [2.24, 2.45) is 0 Å². The zero-order chi connectivity index (χ0) is 14.2. The summed E-state index contributed by atoms with van der Waals surface area (Å²) in [6.45, 7) is 6.00. The fourth-order valence-electron chi connectivity index (χ4n) is 1.61. The molecule has 0 atom stereocenters. The zero-order valence-corrected chi connectivity index (χ0v) is 10.9. The Bertz CT molecular complexity index is 647. The predicted octanol–water partition coefficient (Wildman–Crippen LogP) is 4.46. The van der Waals surface area contributed by atoms with E-state index in [0.29, 0.717) is 0 Å². The third kappa shape index (κ3) is 3.11. The van der Waals surface area contributed by atoms with Gasteiger partial charge in [-0.2, -0.15) is 0 Å². The highest BCUT2D eigenvalue weighted by Crippen LogP contribution is 2.09. The van der Waals surface area contributed by atoms with Crippen LogP contribution in [0.4, 0.5) is 0 Å². The molecule has 2 aromatic heterocycles. The van der Waals surface area contributed by atoms with Gasteiger partial charge in [0.15, 0.2) is 24.0 Å². The summed E-state index contributed by atoms with van der Waals surface area (Å²) in [5, 5.41) is 0. The maximum Gasteiger partial charge on any atom is 0.181 e. The minimum absolute atomic E-state index is 0.845. The molecule has 0 aliphatic heterocycles. The fourth-order valence-corrected chi connectivity index (χ4v) is 1.61. The van der Waals surface area contributed by atoms with Crippen LogP contribution in [0.15, 0.2) is 83.3 Å². The molecule has 0 N–H and O–H groups in total. The SMILES string of the molecule is C=C.c1ccc2ocnc2c1.c1ccc2ocnc2c1. The number of hydrogen-bond acceptors (Lipinski definition) is 4. The Hall–Kier alpha value is -2.88. The summed E-state index contributed by atoms with van der Waals surface area (Å²) in [5.74, 6) is 0. The van der Waals surface area contributed by atoms with Crippen molar-refractivity contribution in [1.29, 1.82) is 0 Å². The van der Waals surface area contributed by atoms with Gasteiger partial charge in [0.1, 0.15) is 11.0 Å². The Morgan fingerprint density at radius 2 is 1.05 bits per heavy atom. The molecule has 0 saturated carbocycles. The highest BCUT2D eigenvalue weighted by molar-refractivity contribution is 5.71. The fraction of sp³-hybridized carbons (Fsp3) is 0. The van der Waals surface area contributed by atoms with Crippen LogP contribution in [-0.4, -0.2) is 9.97 Å². The minimum Gasteiger partial charge on any atom is -0.443 e. The van der Waals surface area contributed by atoms with E-state index in [-0.39, 0.29) is 0 Å². The molecule has 2 heterocycles. The maximum atomic E-state index is 5.01. The molecule has 4 rings (SSSR count). The molecule has 4 aromatic rings. The van der Waals surface area contributed by atoms with Crippen molar-refractivity contribution in [3.8, 4) is 0 Å². The normalized spacial score (nSPS) is 9.40. The van der Waals surface area contributed by atoms with Crippen LogP contribution in [0.1, 0.15) is 0 Å². The first-order chi connectivity index (χ1) is 9.93. The third-order valence-electron chi connectivity index (χ3n) is 2.47. The van der Waals surface area contributed by atoms with Crippen LogP contribution in [0.5, 0.6) is 0 Å². The maximum absolute atomic E-state index is 5.01. The molecule has 2 aromatic carbocycles. The first kappa shape index (κ1) is 13.5. The van der Waals surface area contributed by atoms with Crippen molar-refractivity contribution in [2.45, 2.75) is 0 Å². The van der Waals surface area contributed by atoms with E-state index in [1.807, 2.05) is 48.5 Å². The van der Waals surface area contributed by atoms with E-state index in [9.17, 15) is 0 Å². The lowest BCUT2D eigenvalue weighted by atomic mass is 10.3. The zero-order valence-electron chi connectivity index (χ0n) is 10.9. The molecule has 0 aliphatic rings. The van der Waals surface area contributed by atoms with Crippen molar-refractivity contribution in [2.75, 3.05) is 0 Å². The summed E-state index contributed by atoms with van der Waals surface area (Å²) in [7, 11) is 0. The lowest BCUT2D eigenvalue weighted by molar-refractivity contribution is 0.602. The Morgan fingerprint density at radius 3 is 1.45 bits per heavy atom. The van der Waals surface area contributed by atoms with Crippen LogP contribution >= 0.6 is 0 Å². The number of para-hydroxylation sites is 4. The quantitative estimate of drug-likeness (QED) is 0.441. The van der Waals surface area contributed by atoms with Crippen molar-refractivity contribution < 1.29 is 8.83 Å². The highest BCUT2D eigenvalue weighted by Gasteiger charge is 1.92. The second kappa shape index (κ2) is 6.89. The molecule has 4 nitrogen and oxygen atoms in total. The van der Waals surface area contributed by atoms with Crippen LogP contribution < -0.4 is 0 Å². The van der Waals surface area contributed by atoms with Gasteiger partial charge in [0.25, 0.3) is 0 Å². The standard InChI is InChI=1S/2C7H5NO.C2H4/c2*1-2-4-7-6(3-1)8-5-9-7;1-2/h2*1-5H;1-2H2. The number of oxazole rings is 2. The number of aromatic nitrogens is 2. The van der Waals surface area contributed by atoms with Crippen molar-refractivity contribution in [3.63, 3.8) is 0 Å². The van der Waals surface area contributed by atoms with Gasteiger partial charge < -0.3 is 8.83 Å². The Balaban J connectivity index is 0.000000131. The van der Waals surface area contributed by atoms with E-state index in [1.54, 1.807) is 0 Å². The second-order valence-corrected chi connectivity index (χ2v) is 3.64. The van der Waals surface area contributed by atoms with Gasteiger partial charge in [0, 0.05) is 0 Å². The Labute approximate surface area is 116 Å². The van der Waals surface area contributed by atoms with Gasteiger partial charge >= 0.3 is 0 Å². The predicted molar refractivity (Wildman–Crippen MR) is 79.3 cm³/mol. The summed E-state index contributed by atoms with van der Waals surface area (Å²) in [5.41, 5.74) is 3.52. The van der Waals surface area contributed by atoms with E-state index < -0.39 is 0 Å². The Morgan fingerprint density at radius 1 is 0.650 bits per heavy atom. The van der Waals surface area contributed by atoms with Crippen LogP contribution in [0, 0.1) is 0 Å². The molecule has 0 spiro atoms. The molecule has 0 radical (unpaired) electrons. The molecule has 0 amide bonds. The van der Waals surface area contributed by atoms with Gasteiger partial charge in [-0.1, -0.05) is 24.3 Å². The molecule has 100 valence electrons. The van der Waals surface area contributed by atoms with Crippen LogP contribution in [0.25, 0.3) is 22.2 Å². The molecule has 0 fully saturated rings. The molecule has 0 saturated heterocycles. The lowest BCUT2D eigenvalue weighted by Gasteiger charge is -1.79. The molecule has 20 heavy (non-hydrogen) atoms. The molecular weight excluding hydrogens is 252 g/mol. The highest BCUT2D eigenvalue weighted by atomic mass is 16.3. The van der Waals surface area contributed by atoms with Crippen molar-refractivity contribution in [3.05, 3.63) is 74.5 Å². The summed E-state index contributed by atoms with van der Waals surface area (Å²) in [6, 6.07) is 15.3. The third-order valence-corrected chi connectivity index (χ3v) is 2.47. The summed E-state index contributed by atoms with van der Waals surface area (Å²) < 4.78 is 10.0. The van der Waals surface area contributed by atoms with Gasteiger partial charge in [-0.05, 0) is 24.3 Å². The molecule has 0 aliphatic carbocycles. The van der Waals surface area contributed by atoms with Gasteiger partial charge in [-0.15, -0.1) is 13.2 Å². The first-order valence-electron chi connectivity index (χ1n) is 6.00. The first-order valence-corrected chi connectivity index (χ1v) is 6.00. The number of nitrogens with zero attached hydrogens (tertiary/aromatic N) is 2. The topological polar surface area (TPSA) is 52.1 Å². The van der Waals surface area contributed by atoms with E-state index >= 15 is 0 Å². The van der Waals surface area contributed by atoms with Crippen LogP contribution in [0.2, 0.25) is 0 Å². The van der Waals surface area contributed by atoms with Crippen molar-refractivity contribution >= 4 is 22.2 Å². The minimum atomic E-state index is 0.845. The average molecular weight is 266 g/mol. The van der Waals surface area contributed by atoms with E-state index in [0.717, 1.165) is 22.2 Å². The molecule has 0 bridgehead atoms. The number of hydrogen-bond donors (Lipinski definition) is 0. The Kier molecular flexibility index (Phi) is 4.67. The summed E-state index contributed by atoms with van der Waals surface area (Å²) >= 11 is 0. The molecule has 4 heteroatoms. The second-order valence-electron chi connectivity index (χ2n) is 3.64. The van der Waals surface area contributed by atoms with Gasteiger partial charge in [-0.25, -0.2) is 9.97 Å². The number of fused-ring (bicyclic) bond motifs is 2. The smallest absolute Gasteiger partial charge is 0.181 e. The van der Waals surface area contributed by atoms with Gasteiger partial charge in [0.05, 0.1) is 0 Å².